The van der Waals surface area contributed by atoms with Gasteiger partial charge >= 0.3 is 5.97 Å². The van der Waals surface area contributed by atoms with E-state index in [2.05, 4.69) is 5.32 Å². The van der Waals surface area contributed by atoms with E-state index >= 15 is 0 Å². The Kier molecular flexibility index (Phi) is 7.91. The molecule has 0 aromatic rings. The van der Waals surface area contributed by atoms with Crippen LogP contribution < -0.4 is 11.1 Å². The van der Waals surface area contributed by atoms with Crippen molar-refractivity contribution in [3.05, 3.63) is 0 Å². The molecular formula is C11H21ClN2O3. The monoisotopic (exact) mass is 264 g/mol. The van der Waals surface area contributed by atoms with Gasteiger partial charge in [-0.15, -0.1) is 12.4 Å². The summed E-state index contributed by atoms with van der Waals surface area (Å²) in [7, 11) is 0. The van der Waals surface area contributed by atoms with Crippen LogP contribution in [0.1, 0.15) is 32.1 Å². The predicted molar refractivity (Wildman–Crippen MR) is 67.0 cm³/mol. The molecule has 2 unspecified atom stereocenters. The Morgan fingerprint density at radius 1 is 1.29 bits per heavy atom. The summed E-state index contributed by atoms with van der Waals surface area (Å²) in [6, 6.07) is 0. The minimum Gasteiger partial charge on any atom is -0.481 e. The van der Waals surface area contributed by atoms with Crippen molar-refractivity contribution in [3.8, 4) is 0 Å². The van der Waals surface area contributed by atoms with Crippen molar-refractivity contribution in [1.29, 1.82) is 0 Å². The molecule has 1 fully saturated rings. The normalized spacial score (nSPS) is 23.6. The number of carboxylic acids is 1. The van der Waals surface area contributed by atoms with Crippen LogP contribution in [0.2, 0.25) is 0 Å². The van der Waals surface area contributed by atoms with Crippen molar-refractivity contribution < 1.29 is 14.7 Å². The highest BCUT2D eigenvalue weighted by Crippen LogP contribution is 2.29. The van der Waals surface area contributed by atoms with Crippen LogP contribution in [0.5, 0.6) is 0 Å². The molecule has 5 nitrogen and oxygen atoms in total. The van der Waals surface area contributed by atoms with Crippen molar-refractivity contribution in [2.24, 2.45) is 17.6 Å². The fraction of sp³-hybridized carbons (Fsp3) is 0.818. The lowest BCUT2D eigenvalue weighted by Crippen LogP contribution is -2.40. The smallest absolute Gasteiger partial charge is 0.305 e. The maximum absolute atomic E-state index is 11.8. The molecule has 0 aliphatic heterocycles. The Morgan fingerprint density at radius 3 is 2.53 bits per heavy atom. The molecule has 17 heavy (non-hydrogen) atoms. The van der Waals surface area contributed by atoms with Gasteiger partial charge in [0.2, 0.25) is 5.91 Å². The first kappa shape index (κ1) is 16.2. The van der Waals surface area contributed by atoms with Crippen LogP contribution in [-0.4, -0.2) is 30.1 Å². The van der Waals surface area contributed by atoms with Crippen molar-refractivity contribution in [3.63, 3.8) is 0 Å². The summed E-state index contributed by atoms with van der Waals surface area (Å²) in [6.45, 7) is 0.749. The zero-order valence-corrected chi connectivity index (χ0v) is 10.7. The van der Waals surface area contributed by atoms with Gasteiger partial charge in [-0.2, -0.15) is 0 Å². The summed E-state index contributed by atoms with van der Waals surface area (Å²) in [5.74, 6) is -0.679. The molecule has 2 atom stereocenters. The third-order valence-electron chi connectivity index (χ3n) is 3.19. The largest absolute Gasteiger partial charge is 0.481 e. The third kappa shape index (κ3) is 5.37. The fourth-order valence-corrected chi connectivity index (χ4v) is 2.26. The molecule has 0 bridgehead atoms. The Bertz CT molecular complexity index is 261. The molecule has 4 N–H and O–H groups in total. The molecule has 0 spiro atoms. The SMILES string of the molecule is Cl.NCC1CCCCC1C(=O)NCCC(=O)O. The standard InChI is InChI=1S/C11H20N2O3.ClH/c12-7-8-3-1-2-4-9(8)11(16)13-6-5-10(14)15;/h8-9H,1-7,12H2,(H,13,16)(H,14,15);1H. The number of nitrogens with one attached hydrogen (secondary N) is 1. The van der Waals surface area contributed by atoms with E-state index in [9.17, 15) is 9.59 Å². The highest BCUT2D eigenvalue weighted by Gasteiger charge is 2.29. The summed E-state index contributed by atoms with van der Waals surface area (Å²) in [6.07, 6.45) is 4.06. The molecule has 0 heterocycles. The van der Waals surface area contributed by atoms with Gasteiger partial charge < -0.3 is 16.2 Å². The number of aliphatic carboxylic acids is 1. The first-order chi connectivity index (χ1) is 7.65. The first-order valence-electron chi connectivity index (χ1n) is 5.84. The van der Waals surface area contributed by atoms with E-state index in [0.29, 0.717) is 6.54 Å². The van der Waals surface area contributed by atoms with Gasteiger partial charge in [-0.25, -0.2) is 0 Å². The third-order valence-corrected chi connectivity index (χ3v) is 3.19. The van der Waals surface area contributed by atoms with Gasteiger partial charge in [0.15, 0.2) is 0 Å². The van der Waals surface area contributed by atoms with Crippen molar-refractivity contribution >= 4 is 24.3 Å². The summed E-state index contributed by atoms with van der Waals surface area (Å²) in [5.41, 5.74) is 5.63. The average molecular weight is 265 g/mol. The quantitative estimate of drug-likeness (QED) is 0.684. The first-order valence-corrected chi connectivity index (χ1v) is 5.84. The lowest BCUT2D eigenvalue weighted by atomic mass is 9.79. The van der Waals surface area contributed by atoms with E-state index in [1.807, 2.05) is 0 Å². The van der Waals surface area contributed by atoms with Crippen LogP contribution in [-0.2, 0) is 9.59 Å². The van der Waals surface area contributed by atoms with Gasteiger partial charge in [0.25, 0.3) is 0 Å². The number of carbonyl (C=O) groups excluding carboxylic acids is 1. The van der Waals surface area contributed by atoms with Gasteiger partial charge in [-0.1, -0.05) is 12.8 Å². The minimum atomic E-state index is -0.890. The van der Waals surface area contributed by atoms with Crippen LogP contribution >= 0.6 is 12.4 Å². The topological polar surface area (TPSA) is 92.4 Å². The Hall–Kier alpha value is -0.810. The molecule has 1 aliphatic rings. The lowest BCUT2D eigenvalue weighted by Gasteiger charge is -2.29. The molecule has 100 valence electrons. The van der Waals surface area contributed by atoms with Crippen LogP contribution in [0.15, 0.2) is 0 Å². The second-order valence-corrected chi connectivity index (χ2v) is 4.32. The van der Waals surface area contributed by atoms with Crippen molar-refractivity contribution in [1.82, 2.24) is 5.32 Å². The van der Waals surface area contributed by atoms with Crippen LogP contribution in [0.25, 0.3) is 0 Å². The number of hydrogen-bond donors (Lipinski definition) is 3. The predicted octanol–water partition coefficient (Wildman–Crippen LogP) is 0.764. The molecule has 0 saturated heterocycles. The number of nitrogens with two attached hydrogens (primary N) is 1. The maximum Gasteiger partial charge on any atom is 0.305 e. The molecule has 1 amide bonds. The second kappa shape index (κ2) is 8.31. The Balaban J connectivity index is 0.00000256. The van der Waals surface area contributed by atoms with Gasteiger partial charge in [-0.3, -0.25) is 9.59 Å². The van der Waals surface area contributed by atoms with Gasteiger partial charge in [-0.05, 0) is 25.3 Å². The van der Waals surface area contributed by atoms with Gasteiger partial charge in [0, 0.05) is 12.5 Å². The number of carboxylic acid groups (broad SMARTS) is 1. The van der Waals surface area contributed by atoms with Crippen LogP contribution in [0.3, 0.4) is 0 Å². The zero-order valence-electron chi connectivity index (χ0n) is 9.85. The molecule has 6 heteroatoms. The average Bonchev–Trinajstić information content (AvgIpc) is 2.28. The fourth-order valence-electron chi connectivity index (χ4n) is 2.26. The number of rotatable bonds is 5. The Labute approximate surface area is 108 Å². The van der Waals surface area contributed by atoms with E-state index in [0.717, 1.165) is 25.7 Å². The van der Waals surface area contributed by atoms with Crippen LogP contribution in [0, 0.1) is 11.8 Å². The number of halogens is 1. The molecule has 0 aromatic heterocycles. The highest BCUT2D eigenvalue weighted by atomic mass is 35.5. The molecule has 1 rings (SSSR count). The molecule has 1 aliphatic carbocycles. The summed E-state index contributed by atoms with van der Waals surface area (Å²) >= 11 is 0. The lowest BCUT2D eigenvalue weighted by molar-refractivity contribution is -0.137. The number of carbonyl (C=O) groups is 2. The summed E-state index contributed by atoms with van der Waals surface area (Å²) in [4.78, 5) is 22.1. The van der Waals surface area contributed by atoms with E-state index < -0.39 is 5.97 Å². The summed E-state index contributed by atoms with van der Waals surface area (Å²) in [5, 5.41) is 11.1. The van der Waals surface area contributed by atoms with Crippen LogP contribution in [0.4, 0.5) is 0 Å². The van der Waals surface area contributed by atoms with E-state index in [1.54, 1.807) is 0 Å². The molecule has 0 radical (unpaired) electrons. The number of amides is 1. The summed E-state index contributed by atoms with van der Waals surface area (Å²) < 4.78 is 0. The van der Waals surface area contributed by atoms with Gasteiger partial charge in [0.1, 0.15) is 0 Å². The second-order valence-electron chi connectivity index (χ2n) is 4.32. The van der Waals surface area contributed by atoms with E-state index in [4.69, 9.17) is 10.8 Å². The zero-order chi connectivity index (χ0) is 12.0. The van der Waals surface area contributed by atoms with Crippen molar-refractivity contribution in [2.75, 3.05) is 13.1 Å². The molecule has 0 aromatic carbocycles. The molecule has 1 saturated carbocycles. The number of hydrogen-bond acceptors (Lipinski definition) is 3. The Morgan fingerprint density at radius 2 is 1.94 bits per heavy atom. The highest BCUT2D eigenvalue weighted by molar-refractivity contribution is 5.85. The maximum atomic E-state index is 11.8. The van der Waals surface area contributed by atoms with Crippen molar-refractivity contribution in [2.45, 2.75) is 32.1 Å². The minimum absolute atomic E-state index is 0. The van der Waals surface area contributed by atoms with Gasteiger partial charge in [0.05, 0.1) is 6.42 Å². The molecular weight excluding hydrogens is 244 g/mol. The van der Waals surface area contributed by atoms with E-state index in [1.165, 1.54) is 0 Å². The van der Waals surface area contributed by atoms with E-state index in [-0.39, 0.29) is 43.1 Å².